The molecule has 0 bridgehead atoms. The second-order valence-electron chi connectivity index (χ2n) is 8.48. The number of carbonyl (C=O) groups is 1. The molecule has 1 amide bonds. The van der Waals surface area contributed by atoms with E-state index >= 15 is 0 Å². The van der Waals surface area contributed by atoms with Crippen LogP contribution in [-0.2, 0) is 11.0 Å². The van der Waals surface area contributed by atoms with Crippen molar-refractivity contribution in [2.75, 3.05) is 6.54 Å². The highest BCUT2D eigenvalue weighted by atomic mass is 19.4. The molecule has 0 aliphatic heterocycles. The Kier molecular flexibility index (Phi) is 6.83. The summed E-state index contributed by atoms with van der Waals surface area (Å²) in [6.45, 7) is 0.168. The molecule has 5 nitrogen and oxygen atoms in total. The number of aromatic nitrogens is 2. The van der Waals surface area contributed by atoms with Gasteiger partial charge < -0.3 is 15.4 Å². The molecule has 33 heavy (non-hydrogen) atoms. The number of benzene rings is 2. The molecule has 1 aromatic heterocycles. The van der Waals surface area contributed by atoms with Gasteiger partial charge >= 0.3 is 6.18 Å². The molecule has 1 fully saturated rings. The van der Waals surface area contributed by atoms with Crippen LogP contribution in [0.15, 0.2) is 60.8 Å². The van der Waals surface area contributed by atoms with E-state index in [2.05, 4.69) is 15.3 Å². The minimum atomic E-state index is -4.39. The number of rotatable bonds is 6. The van der Waals surface area contributed by atoms with E-state index in [4.69, 9.17) is 0 Å². The topological polar surface area (TPSA) is 78.0 Å². The number of aromatic amines is 1. The number of imidazole rings is 1. The molecule has 1 aliphatic carbocycles. The highest BCUT2D eigenvalue weighted by Gasteiger charge is 2.31. The maximum absolute atomic E-state index is 13.0. The molecule has 0 spiro atoms. The summed E-state index contributed by atoms with van der Waals surface area (Å²) >= 11 is 0. The van der Waals surface area contributed by atoms with Crippen LogP contribution in [0.2, 0.25) is 0 Å². The van der Waals surface area contributed by atoms with Gasteiger partial charge in [0.15, 0.2) is 0 Å². The van der Waals surface area contributed by atoms with Gasteiger partial charge in [-0.1, -0.05) is 42.5 Å². The van der Waals surface area contributed by atoms with Gasteiger partial charge in [0.05, 0.1) is 23.6 Å². The summed E-state index contributed by atoms with van der Waals surface area (Å²) in [5.41, 5.74) is 1.05. The molecule has 1 aliphatic rings. The molecule has 2 aromatic carbocycles. The Morgan fingerprint density at radius 2 is 1.82 bits per heavy atom. The lowest BCUT2D eigenvalue weighted by molar-refractivity contribution is -0.137. The summed E-state index contributed by atoms with van der Waals surface area (Å²) in [6, 6.07) is 14.4. The number of carbonyl (C=O) groups excluding carboxylic acids is 1. The monoisotopic (exact) mass is 457 g/mol. The number of H-pyrrole nitrogens is 1. The van der Waals surface area contributed by atoms with Crippen LogP contribution in [0.3, 0.4) is 0 Å². The van der Waals surface area contributed by atoms with Crippen LogP contribution in [0, 0.1) is 5.92 Å². The van der Waals surface area contributed by atoms with Crippen molar-refractivity contribution in [3.63, 3.8) is 0 Å². The van der Waals surface area contributed by atoms with Gasteiger partial charge in [0.25, 0.3) is 0 Å². The van der Waals surface area contributed by atoms with Crippen molar-refractivity contribution in [1.29, 1.82) is 0 Å². The third kappa shape index (κ3) is 5.63. The SMILES string of the molecule is O=C(NCC(O)c1ccccc1)C1CCC(c2ncc(-c3cccc(C(F)(F)F)c3)[nH]2)CC1. The number of alkyl halides is 3. The standard InChI is InChI=1S/C25H26F3N3O2/c26-25(27,28)20-8-4-7-19(13-20)21-14-29-23(31-21)17-9-11-18(12-10-17)24(33)30-15-22(32)16-5-2-1-3-6-16/h1-8,13-14,17-18,22,32H,9-12,15H2,(H,29,31)(H,30,33). The zero-order valence-corrected chi connectivity index (χ0v) is 18.0. The zero-order valence-electron chi connectivity index (χ0n) is 18.0. The van der Waals surface area contributed by atoms with Crippen molar-refractivity contribution in [2.45, 2.75) is 43.9 Å². The van der Waals surface area contributed by atoms with E-state index in [1.54, 1.807) is 12.3 Å². The summed E-state index contributed by atoms with van der Waals surface area (Å²) in [7, 11) is 0. The first-order valence-corrected chi connectivity index (χ1v) is 11.0. The molecule has 4 rings (SSSR count). The van der Waals surface area contributed by atoms with Crippen molar-refractivity contribution in [2.24, 2.45) is 5.92 Å². The van der Waals surface area contributed by atoms with Gasteiger partial charge in [-0.3, -0.25) is 4.79 Å². The molecule has 1 unspecified atom stereocenters. The minimum absolute atomic E-state index is 0.0625. The number of aliphatic hydroxyl groups excluding tert-OH is 1. The van der Waals surface area contributed by atoms with E-state index < -0.39 is 17.8 Å². The van der Waals surface area contributed by atoms with Gasteiger partial charge in [0, 0.05) is 23.9 Å². The van der Waals surface area contributed by atoms with Gasteiger partial charge in [-0.05, 0) is 43.4 Å². The molecule has 0 saturated heterocycles. The maximum atomic E-state index is 13.0. The molecule has 0 radical (unpaired) electrons. The second kappa shape index (κ2) is 9.79. The predicted molar refractivity (Wildman–Crippen MR) is 118 cm³/mol. The Balaban J connectivity index is 1.31. The molecule has 1 heterocycles. The molecular weight excluding hydrogens is 431 g/mol. The van der Waals surface area contributed by atoms with Crippen LogP contribution < -0.4 is 5.32 Å². The number of nitrogens with one attached hydrogen (secondary N) is 2. The third-order valence-electron chi connectivity index (χ3n) is 6.24. The number of hydrogen-bond acceptors (Lipinski definition) is 3. The van der Waals surface area contributed by atoms with Crippen LogP contribution in [0.1, 0.15) is 54.7 Å². The first-order valence-electron chi connectivity index (χ1n) is 11.0. The fourth-order valence-electron chi connectivity index (χ4n) is 4.32. The first-order chi connectivity index (χ1) is 15.8. The van der Waals surface area contributed by atoms with Gasteiger partial charge in [-0.15, -0.1) is 0 Å². The van der Waals surface area contributed by atoms with E-state index in [9.17, 15) is 23.1 Å². The smallest absolute Gasteiger partial charge is 0.387 e. The number of halogens is 3. The van der Waals surface area contributed by atoms with Crippen LogP contribution >= 0.6 is 0 Å². The minimum Gasteiger partial charge on any atom is -0.387 e. The Hall–Kier alpha value is -3.13. The first kappa shape index (κ1) is 23.0. The van der Waals surface area contributed by atoms with Gasteiger partial charge in [-0.25, -0.2) is 4.98 Å². The molecule has 1 saturated carbocycles. The Labute approximate surface area is 190 Å². The predicted octanol–water partition coefficient (Wildman–Crippen LogP) is 5.22. The fraction of sp³-hybridized carbons (Fsp3) is 0.360. The van der Waals surface area contributed by atoms with Gasteiger partial charge in [-0.2, -0.15) is 13.2 Å². The van der Waals surface area contributed by atoms with Crippen LogP contribution in [0.4, 0.5) is 13.2 Å². The van der Waals surface area contributed by atoms with E-state index in [1.807, 2.05) is 30.3 Å². The van der Waals surface area contributed by atoms with Gasteiger partial charge in [0.2, 0.25) is 5.91 Å². The molecule has 3 aromatic rings. The summed E-state index contributed by atoms with van der Waals surface area (Å²) in [4.78, 5) is 20.1. The van der Waals surface area contributed by atoms with Crippen LogP contribution in [-0.4, -0.2) is 27.5 Å². The van der Waals surface area contributed by atoms with E-state index in [0.717, 1.165) is 36.4 Å². The van der Waals surface area contributed by atoms with Crippen molar-refractivity contribution in [1.82, 2.24) is 15.3 Å². The van der Waals surface area contributed by atoms with Gasteiger partial charge in [0.1, 0.15) is 5.82 Å². The molecular formula is C25H26F3N3O2. The van der Waals surface area contributed by atoms with E-state index in [0.29, 0.717) is 24.1 Å². The highest BCUT2D eigenvalue weighted by Crippen LogP contribution is 2.36. The summed E-state index contributed by atoms with van der Waals surface area (Å²) < 4.78 is 39.0. The van der Waals surface area contributed by atoms with Crippen molar-refractivity contribution < 1.29 is 23.1 Å². The number of nitrogens with zero attached hydrogens (tertiary/aromatic N) is 1. The van der Waals surface area contributed by atoms with Crippen LogP contribution in [0.5, 0.6) is 0 Å². The third-order valence-corrected chi connectivity index (χ3v) is 6.24. The van der Waals surface area contributed by atoms with Crippen molar-refractivity contribution in [3.05, 3.63) is 77.7 Å². The Morgan fingerprint density at radius 3 is 2.52 bits per heavy atom. The zero-order chi connectivity index (χ0) is 23.4. The Bertz CT molecular complexity index is 1070. The van der Waals surface area contributed by atoms with Crippen molar-refractivity contribution in [3.8, 4) is 11.3 Å². The number of amides is 1. The maximum Gasteiger partial charge on any atom is 0.416 e. The molecule has 3 N–H and O–H groups in total. The van der Waals surface area contributed by atoms with E-state index in [1.165, 1.54) is 6.07 Å². The Morgan fingerprint density at radius 1 is 1.09 bits per heavy atom. The average molecular weight is 457 g/mol. The quantitative estimate of drug-likeness (QED) is 0.475. The lowest BCUT2D eigenvalue weighted by atomic mass is 9.81. The fourth-order valence-corrected chi connectivity index (χ4v) is 4.32. The second-order valence-corrected chi connectivity index (χ2v) is 8.48. The number of hydrogen-bond donors (Lipinski definition) is 3. The summed E-state index contributed by atoms with van der Waals surface area (Å²) in [6.07, 6.45) is -0.675. The largest absolute Gasteiger partial charge is 0.416 e. The van der Waals surface area contributed by atoms with Crippen LogP contribution in [0.25, 0.3) is 11.3 Å². The summed E-state index contributed by atoms with van der Waals surface area (Å²) in [5, 5.41) is 13.1. The highest BCUT2D eigenvalue weighted by molar-refractivity contribution is 5.78. The van der Waals surface area contributed by atoms with Crippen molar-refractivity contribution >= 4 is 5.91 Å². The number of aliphatic hydroxyl groups is 1. The van der Waals surface area contributed by atoms with E-state index in [-0.39, 0.29) is 24.3 Å². The molecule has 1 atom stereocenters. The lowest BCUT2D eigenvalue weighted by Crippen LogP contribution is -2.35. The average Bonchev–Trinajstić information content (AvgIpc) is 3.33. The molecule has 174 valence electrons. The lowest BCUT2D eigenvalue weighted by Gasteiger charge is -2.27. The molecule has 8 heteroatoms. The normalized spacial score (nSPS) is 19.8. The summed E-state index contributed by atoms with van der Waals surface area (Å²) in [5.74, 6) is 0.680.